The number of hydrogen-bond donors (Lipinski definition) is 1. The van der Waals surface area contributed by atoms with Crippen LogP contribution in [0, 0.1) is 0 Å². The fraction of sp³-hybridized carbons (Fsp3) is 0.933. The van der Waals surface area contributed by atoms with E-state index in [4.69, 9.17) is 10.5 Å². The second-order valence-electron chi connectivity index (χ2n) is 6.09. The summed E-state index contributed by atoms with van der Waals surface area (Å²) in [6.45, 7) is 7.46. The lowest BCUT2D eigenvalue weighted by molar-refractivity contribution is -0.146. The number of unbranched alkanes of at least 4 members (excludes halogenated alkanes) is 1. The Hall–Kier alpha value is -0.610. The van der Waals surface area contributed by atoms with Crippen LogP contribution in [0.15, 0.2) is 0 Å². The van der Waals surface area contributed by atoms with Crippen molar-refractivity contribution in [2.45, 2.75) is 76.9 Å². The van der Waals surface area contributed by atoms with Gasteiger partial charge in [-0.25, -0.2) is 0 Å². The molecule has 0 aromatic carbocycles. The number of likely N-dealkylation sites (tertiary alicyclic amines) is 1. The zero-order valence-corrected chi connectivity index (χ0v) is 12.9. The molecule has 4 nitrogen and oxygen atoms in total. The summed E-state index contributed by atoms with van der Waals surface area (Å²) in [5, 5.41) is 0. The molecule has 1 heterocycles. The minimum atomic E-state index is -0.838. The fourth-order valence-corrected chi connectivity index (χ4v) is 3.09. The van der Waals surface area contributed by atoms with E-state index in [1.165, 1.54) is 26.4 Å². The molecule has 0 amide bonds. The molecule has 1 fully saturated rings. The van der Waals surface area contributed by atoms with Gasteiger partial charge in [0.05, 0.1) is 7.11 Å². The fourth-order valence-electron chi connectivity index (χ4n) is 3.09. The average molecular weight is 270 g/mol. The van der Waals surface area contributed by atoms with Gasteiger partial charge in [-0.15, -0.1) is 0 Å². The lowest BCUT2D eigenvalue weighted by atomic mass is 9.96. The molecule has 0 aromatic heterocycles. The van der Waals surface area contributed by atoms with Crippen LogP contribution in [0.5, 0.6) is 0 Å². The van der Waals surface area contributed by atoms with Crippen LogP contribution in [-0.4, -0.2) is 42.1 Å². The van der Waals surface area contributed by atoms with Gasteiger partial charge in [-0.05, 0) is 58.9 Å². The molecule has 0 radical (unpaired) electrons. The molecule has 19 heavy (non-hydrogen) atoms. The second-order valence-corrected chi connectivity index (χ2v) is 6.09. The monoisotopic (exact) mass is 270 g/mol. The highest BCUT2D eigenvalue weighted by atomic mass is 16.5. The summed E-state index contributed by atoms with van der Waals surface area (Å²) in [4.78, 5) is 14.1. The lowest BCUT2D eigenvalue weighted by Crippen LogP contribution is -2.45. The summed E-state index contributed by atoms with van der Waals surface area (Å²) in [7, 11) is 1.39. The summed E-state index contributed by atoms with van der Waals surface area (Å²) >= 11 is 0. The Morgan fingerprint density at radius 1 is 1.42 bits per heavy atom. The quantitative estimate of drug-likeness (QED) is 0.570. The first-order valence-corrected chi connectivity index (χ1v) is 7.55. The number of carbonyl (C=O) groups is 1. The van der Waals surface area contributed by atoms with E-state index in [9.17, 15) is 4.79 Å². The standard InChI is InChI=1S/C15H30N2O2/c1-5-13-9-8-12(2)17(13)11-7-6-10-15(3,16)14(18)19-4/h12-13H,5-11,16H2,1-4H3. The van der Waals surface area contributed by atoms with Crippen LogP contribution < -0.4 is 5.73 Å². The van der Waals surface area contributed by atoms with Gasteiger partial charge in [0.2, 0.25) is 0 Å². The van der Waals surface area contributed by atoms with Crippen LogP contribution in [0.3, 0.4) is 0 Å². The van der Waals surface area contributed by atoms with Crippen LogP contribution in [-0.2, 0) is 9.53 Å². The highest BCUT2D eigenvalue weighted by Gasteiger charge is 2.30. The van der Waals surface area contributed by atoms with Crippen molar-refractivity contribution in [1.82, 2.24) is 4.90 Å². The smallest absolute Gasteiger partial charge is 0.325 e. The Balaban J connectivity index is 2.29. The first-order chi connectivity index (χ1) is 8.92. The summed E-state index contributed by atoms with van der Waals surface area (Å²) in [6.07, 6.45) is 6.65. The van der Waals surface area contributed by atoms with E-state index < -0.39 is 5.54 Å². The van der Waals surface area contributed by atoms with Crippen molar-refractivity contribution in [2.24, 2.45) is 5.73 Å². The Bertz CT molecular complexity index is 292. The van der Waals surface area contributed by atoms with Gasteiger partial charge < -0.3 is 10.5 Å². The number of methoxy groups -OCH3 is 1. The molecular weight excluding hydrogens is 240 g/mol. The minimum Gasteiger partial charge on any atom is -0.468 e. The maximum absolute atomic E-state index is 11.5. The Labute approximate surface area is 117 Å². The third-order valence-corrected chi connectivity index (χ3v) is 4.44. The molecule has 3 atom stereocenters. The molecular formula is C15H30N2O2. The van der Waals surface area contributed by atoms with Crippen molar-refractivity contribution >= 4 is 5.97 Å². The molecule has 0 bridgehead atoms. The van der Waals surface area contributed by atoms with Crippen molar-refractivity contribution in [1.29, 1.82) is 0 Å². The van der Waals surface area contributed by atoms with Crippen molar-refractivity contribution in [2.75, 3.05) is 13.7 Å². The Kier molecular flexibility index (Phi) is 6.27. The largest absolute Gasteiger partial charge is 0.468 e. The molecule has 112 valence electrons. The van der Waals surface area contributed by atoms with Crippen LogP contribution >= 0.6 is 0 Å². The lowest BCUT2D eigenvalue weighted by Gasteiger charge is -2.28. The van der Waals surface area contributed by atoms with Crippen LogP contribution in [0.2, 0.25) is 0 Å². The molecule has 3 unspecified atom stereocenters. The van der Waals surface area contributed by atoms with Crippen molar-refractivity contribution < 1.29 is 9.53 Å². The molecule has 1 rings (SSSR count). The van der Waals surface area contributed by atoms with Gasteiger partial charge >= 0.3 is 5.97 Å². The highest BCUT2D eigenvalue weighted by Crippen LogP contribution is 2.26. The van der Waals surface area contributed by atoms with Crippen LogP contribution in [0.25, 0.3) is 0 Å². The number of ether oxygens (including phenoxy) is 1. The molecule has 1 aliphatic heterocycles. The number of nitrogens with zero attached hydrogens (tertiary/aromatic N) is 1. The minimum absolute atomic E-state index is 0.312. The van der Waals surface area contributed by atoms with Gasteiger partial charge in [-0.3, -0.25) is 9.69 Å². The number of esters is 1. The molecule has 0 aromatic rings. The molecule has 0 spiro atoms. The number of rotatable bonds is 7. The molecule has 1 saturated heterocycles. The first kappa shape index (κ1) is 16.4. The van der Waals surface area contributed by atoms with E-state index in [0.717, 1.165) is 25.4 Å². The second kappa shape index (κ2) is 7.25. The predicted octanol–water partition coefficient (Wildman–Crippen LogP) is 2.31. The van der Waals surface area contributed by atoms with Crippen molar-refractivity contribution in [3.8, 4) is 0 Å². The molecule has 0 saturated carbocycles. The van der Waals surface area contributed by atoms with Crippen molar-refractivity contribution in [3.63, 3.8) is 0 Å². The molecule has 0 aliphatic carbocycles. The van der Waals surface area contributed by atoms with E-state index >= 15 is 0 Å². The number of carbonyl (C=O) groups excluding carboxylic acids is 1. The van der Waals surface area contributed by atoms with E-state index in [-0.39, 0.29) is 5.97 Å². The third-order valence-electron chi connectivity index (χ3n) is 4.44. The SMILES string of the molecule is CCC1CCC(C)N1CCCCC(C)(N)C(=O)OC. The predicted molar refractivity (Wildman–Crippen MR) is 77.9 cm³/mol. The molecule has 4 heteroatoms. The van der Waals surface area contributed by atoms with E-state index in [1.807, 2.05) is 0 Å². The third kappa shape index (κ3) is 4.46. The maximum Gasteiger partial charge on any atom is 0.325 e. The molecule has 1 aliphatic rings. The summed E-state index contributed by atoms with van der Waals surface area (Å²) in [5.74, 6) is -0.312. The first-order valence-electron chi connectivity index (χ1n) is 7.55. The summed E-state index contributed by atoms with van der Waals surface area (Å²) < 4.78 is 4.72. The summed E-state index contributed by atoms with van der Waals surface area (Å²) in [5.41, 5.74) is 5.12. The van der Waals surface area contributed by atoms with Gasteiger partial charge in [0.1, 0.15) is 5.54 Å². The molecule has 2 N–H and O–H groups in total. The number of hydrogen-bond acceptors (Lipinski definition) is 4. The van der Waals surface area contributed by atoms with Crippen LogP contribution in [0.4, 0.5) is 0 Å². The zero-order chi connectivity index (χ0) is 14.5. The van der Waals surface area contributed by atoms with Crippen LogP contribution in [0.1, 0.15) is 59.3 Å². The maximum atomic E-state index is 11.5. The highest BCUT2D eigenvalue weighted by molar-refractivity contribution is 5.79. The van der Waals surface area contributed by atoms with Gasteiger partial charge in [-0.2, -0.15) is 0 Å². The van der Waals surface area contributed by atoms with E-state index in [1.54, 1.807) is 6.92 Å². The Morgan fingerprint density at radius 2 is 2.11 bits per heavy atom. The van der Waals surface area contributed by atoms with Gasteiger partial charge in [0.15, 0.2) is 0 Å². The van der Waals surface area contributed by atoms with Gasteiger partial charge in [-0.1, -0.05) is 6.92 Å². The Morgan fingerprint density at radius 3 is 2.68 bits per heavy atom. The van der Waals surface area contributed by atoms with E-state index in [0.29, 0.717) is 12.5 Å². The average Bonchev–Trinajstić information content (AvgIpc) is 2.74. The zero-order valence-electron chi connectivity index (χ0n) is 12.9. The number of nitrogens with two attached hydrogens (primary N) is 1. The topological polar surface area (TPSA) is 55.6 Å². The summed E-state index contributed by atoms with van der Waals surface area (Å²) in [6, 6.07) is 1.45. The van der Waals surface area contributed by atoms with Gasteiger partial charge in [0, 0.05) is 12.1 Å². The van der Waals surface area contributed by atoms with Crippen molar-refractivity contribution in [3.05, 3.63) is 0 Å². The normalized spacial score (nSPS) is 27.2. The van der Waals surface area contributed by atoms with Gasteiger partial charge in [0.25, 0.3) is 0 Å². The van der Waals surface area contributed by atoms with E-state index in [2.05, 4.69) is 18.7 Å².